The SMILES string of the molecule is COc1ccc(C(=O)NC2CCN(C(=O)Cc3ccccc3)CC2)cc1. The highest BCUT2D eigenvalue weighted by molar-refractivity contribution is 5.94. The molecule has 1 aliphatic rings. The van der Waals surface area contributed by atoms with Crippen molar-refractivity contribution < 1.29 is 14.3 Å². The maximum absolute atomic E-state index is 12.4. The number of methoxy groups -OCH3 is 1. The molecular weight excluding hydrogens is 328 g/mol. The molecule has 0 saturated carbocycles. The second kappa shape index (κ2) is 8.52. The third-order valence-electron chi connectivity index (χ3n) is 4.73. The molecule has 2 amide bonds. The van der Waals surface area contributed by atoms with E-state index >= 15 is 0 Å². The second-order valence-corrected chi connectivity index (χ2v) is 6.52. The van der Waals surface area contributed by atoms with Gasteiger partial charge in [-0.2, -0.15) is 0 Å². The minimum atomic E-state index is -0.0817. The van der Waals surface area contributed by atoms with Crippen molar-refractivity contribution in [2.45, 2.75) is 25.3 Å². The Bertz CT molecular complexity index is 736. The molecule has 0 unspecified atom stereocenters. The first-order valence-electron chi connectivity index (χ1n) is 8.92. The number of hydrogen-bond acceptors (Lipinski definition) is 3. The highest BCUT2D eigenvalue weighted by atomic mass is 16.5. The van der Waals surface area contributed by atoms with E-state index in [9.17, 15) is 9.59 Å². The molecule has 5 nitrogen and oxygen atoms in total. The summed E-state index contributed by atoms with van der Waals surface area (Å²) in [7, 11) is 1.60. The van der Waals surface area contributed by atoms with Crippen LogP contribution < -0.4 is 10.1 Å². The van der Waals surface area contributed by atoms with Gasteiger partial charge >= 0.3 is 0 Å². The van der Waals surface area contributed by atoms with Gasteiger partial charge in [-0.05, 0) is 42.7 Å². The van der Waals surface area contributed by atoms with E-state index in [0.29, 0.717) is 25.1 Å². The fraction of sp³-hybridized carbons (Fsp3) is 0.333. The molecule has 1 N–H and O–H groups in total. The Morgan fingerprint density at radius 2 is 1.69 bits per heavy atom. The lowest BCUT2D eigenvalue weighted by atomic mass is 10.0. The number of carbonyl (C=O) groups excluding carboxylic acids is 2. The molecule has 2 aromatic carbocycles. The van der Waals surface area contributed by atoms with Gasteiger partial charge in [0.05, 0.1) is 13.5 Å². The predicted molar refractivity (Wildman–Crippen MR) is 100 cm³/mol. The zero-order chi connectivity index (χ0) is 18.4. The van der Waals surface area contributed by atoms with Crippen molar-refractivity contribution in [1.29, 1.82) is 0 Å². The Morgan fingerprint density at radius 3 is 2.31 bits per heavy atom. The number of piperidine rings is 1. The van der Waals surface area contributed by atoms with Crippen molar-refractivity contribution in [3.63, 3.8) is 0 Å². The first kappa shape index (κ1) is 18.0. The number of nitrogens with one attached hydrogen (secondary N) is 1. The van der Waals surface area contributed by atoms with Crippen LogP contribution in [0.15, 0.2) is 54.6 Å². The van der Waals surface area contributed by atoms with E-state index in [2.05, 4.69) is 5.32 Å². The van der Waals surface area contributed by atoms with Gasteiger partial charge in [0.15, 0.2) is 0 Å². The molecule has 0 atom stereocenters. The van der Waals surface area contributed by atoms with Gasteiger partial charge in [-0.1, -0.05) is 30.3 Å². The molecule has 1 heterocycles. The minimum absolute atomic E-state index is 0.0817. The Morgan fingerprint density at radius 1 is 1.04 bits per heavy atom. The lowest BCUT2D eigenvalue weighted by Gasteiger charge is -2.32. The Labute approximate surface area is 154 Å². The van der Waals surface area contributed by atoms with E-state index in [1.807, 2.05) is 35.2 Å². The summed E-state index contributed by atoms with van der Waals surface area (Å²) in [6, 6.07) is 17.0. The Kier molecular flexibility index (Phi) is 5.89. The minimum Gasteiger partial charge on any atom is -0.497 e. The zero-order valence-corrected chi connectivity index (χ0v) is 15.0. The van der Waals surface area contributed by atoms with E-state index in [1.54, 1.807) is 31.4 Å². The van der Waals surface area contributed by atoms with E-state index in [4.69, 9.17) is 4.74 Å². The highest BCUT2D eigenvalue weighted by Crippen LogP contribution is 2.15. The van der Waals surface area contributed by atoms with Crippen LogP contribution in [-0.4, -0.2) is 43.0 Å². The van der Waals surface area contributed by atoms with Crippen molar-refractivity contribution in [1.82, 2.24) is 10.2 Å². The first-order chi connectivity index (χ1) is 12.7. The molecule has 26 heavy (non-hydrogen) atoms. The van der Waals surface area contributed by atoms with Gasteiger partial charge in [0.2, 0.25) is 5.91 Å². The maximum Gasteiger partial charge on any atom is 0.251 e. The standard InChI is InChI=1S/C21H24N2O3/c1-26-19-9-7-17(8-10-19)21(25)22-18-11-13-23(14-12-18)20(24)15-16-5-3-2-4-6-16/h2-10,18H,11-15H2,1H3,(H,22,25). The smallest absolute Gasteiger partial charge is 0.251 e. The van der Waals surface area contributed by atoms with Gasteiger partial charge in [-0.3, -0.25) is 9.59 Å². The number of ether oxygens (including phenoxy) is 1. The summed E-state index contributed by atoms with van der Waals surface area (Å²) in [6.45, 7) is 1.36. The fourth-order valence-corrected chi connectivity index (χ4v) is 3.17. The van der Waals surface area contributed by atoms with Crippen LogP contribution in [-0.2, 0) is 11.2 Å². The van der Waals surface area contributed by atoms with Crippen molar-refractivity contribution in [2.75, 3.05) is 20.2 Å². The zero-order valence-electron chi connectivity index (χ0n) is 15.0. The monoisotopic (exact) mass is 352 g/mol. The molecule has 136 valence electrons. The number of benzene rings is 2. The fourth-order valence-electron chi connectivity index (χ4n) is 3.17. The van der Waals surface area contributed by atoms with Crippen LogP contribution in [0.2, 0.25) is 0 Å². The van der Waals surface area contributed by atoms with Crippen LogP contribution in [0.5, 0.6) is 5.75 Å². The van der Waals surface area contributed by atoms with Crippen molar-refractivity contribution in [2.24, 2.45) is 0 Å². The molecule has 0 aromatic heterocycles. The summed E-state index contributed by atoms with van der Waals surface area (Å²) in [6.07, 6.45) is 1.99. The highest BCUT2D eigenvalue weighted by Gasteiger charge is 2.24. The Hall–Kier alpha value is -2.82. The van der Waals surface area contributed by atoms with Crippen LogP contribution in [0.3, 0.4) is 0 Å². The van der Waals surface area contributed by atoms with Gasteiger partial charge < -0.3 is 15.0 Å². The lowest BCUT2D eigenvalue weighted by molar-refractivity contribution is -0.131. The van der Waals surface area contributed by atoms with Crippen molar-refractivity contribution >= 4 is 11.8 Å². The average molecular weight is 352 g/mol. The summed E-state index contributed by atoms with van der Waals surface area (Å²) in [5.74, 6) is 0.796. The van der Waals surface area contributed by atoms with Gasteiger partial charge in [-0.15, -0.1) is 0 Å². The molecule has 1 saturated heterocycles. The van der Waals surface area contributed by atoms with Gasteiger partial charge in [0, 0.05) is 24.7 Å². The van der Waals surface area contributed by atoms with Crippen LogP contribution in [0.4, 0.5) is 0 Å². The van der Waals surface area contributed by atoms with E-state index in [1.165, 1.54) is 0 Å². The molecule has 0 radical (unpaired) electrons. The van der Waals surface area contributed by atoms with E-state index in [0.717, 1.165) is 24.2 Å². The second-order valence-electron chi connectivity index (χ2n) is 6.52. The molecule has 0 spiro atoms. The van der Waals surface area contributed by atoms with Crippen LogP contribution in [0, 0.1) is 0 Å². The lowest BCUT2D eigenvalue weighted by Crippen LogP contribution is -2.46. The third-order valence-corrected chi connectivity index (χ3v) is 4.73. The summed E-state index contributed by atoms with van der Waals surface area (Å²) in [4.78, 5) is 26.6. The normalized spacial score (nSPS) is 14.7. The summed E-state index contributed by atoms with van der Waals surface area (Å²) >= 11 is 0. The summed E-state index contributed by atoms with van der Waals surface area (Å²) in [5.41, 5.74) is 1.65. The predicted octanol–water partition coefficient (Wildman–Crippen LogP) is 2.66. The molecule has 1 fully saturated rings. The molecule has 0 aliphatic carbocycles. The molecule has 3 rings (SSSR count). The quantitative estimate of drug-likeness (QED) is 0.900. The van der Waals surface area contributed by atoms with Crippen molar-refractivity contribution in [3.05, 3.63) is 65.7 Å². The average Bonchev–Trinajstić information content (AvgIpc) is 2.69. The largest absolute Gasteiger partial charge is 0.497 e. The molecular formula is C21H24N2O3. The first-order valence-corrected chi connectivity index (χ1v) is 8.92. The van der Waals surface area contributed by atoms with Gasteiger partial charge in [0.25, 0.3) is 5.91 Å². The molecule has 2 aromatic rings. The van der Waals surface area contributed by atoms with Crippen LogP contribution in [0.25, 0.3) is 0 Å². The molecule has 0 bridgehead atoms. The number of amides is 2. The summed E-state index contributed by atoms with van der Waals surface area (Å²) < 4.78 is 5.11. The Balaban J connectivity index is 1.47. The number of rotatable bonds is 5. The van der Waals surface area contributed by atoms with Crippen LogP contribution in [0.1, 0.15) is 28.8 Å². The van der Waals surface area contributed by atoms with Gasteiger partial charge in [-0.25, -0.2) is 0 Å². The molecule has 1 aliphatic heterocycles. The summed E-state index contributed by atoms with van der Waals surface area (Å²) in [5, 5.41) is 3.06. The van der Waals surface area contributed by atoms with Crippen molar-refractivity contribution in [3.8, 4) is 5.75 Å². The number of carbonyl (C=O) groups is 2. The third kappa shape index (κ3) is 4.63. The van der Waals surface area contributed by atoms with E-state index in [-0.39, 0.29) is 17.9 Å². The van der Waals surface area contributed by atoms with Gasteiger partial charge in [0.1, 0.15) is 5.75 Å². The topological polar surface area (TPSA) is 58.6 Å². The number of hydrogen-bond donors (Lipinski definition) is 1. The van der Waals surface area contributed by atoms with E-state index < -0.39 is 0 Å². The van der Waals surface area contributed by atoms with Crippen LogP contribution >= 0.6 is 0 Å². The number of likely N-dealkylation sites (tertiary alicyclic amines) is 1. The maximum atomic E-state index is 12.4. The number of nitrogens with zero attached hydrogens (tertiary/aromatic N) is 1. The molecule has 5 heteroatoms.